The molecule has 1 aromatic rings. The van der Waals surface area contributed by atoms with E-state index >= 15 is 0 Å². The fourth-order valence-electron chi connectivity index (χ4n) is 2.08. The summed E-state index contributed by atoms with van der Waals surface area (Å²) in [7, 11) is 0. The zero-order valence-electron chi connectivity index (χ0n) is 10.9. The molecule has 7 nitrogen and oxygen atoms in total. The Labute approximate surface area is 107 Å². The van der Waals surface area contributed by atoms with E-state index in [4.69, 9.17) is 5.73 Å². The van der Waals surface area contributed by atoms with Gasteiger partial charge in [-0.05, 0) is 20.3 Å². The number of β-amino-alcohol motifs (C(OH)–C–C–N with tert-alkyl or cyclic N) is 1. The molecule has 0 radical (unpaired) electrons. The molecule has 7 heteroatoms. The van der Waals surface area contributed by atoms with E-state index in [0.717, 1.165) is 26.1 Å². The minimum absolute atomic E-state index is 0.225. The minimum Gasteiger partial charge on any atom is -0.391 e. The second-order valence-corrected chi connectivity index (χ2v) is 4.35. The Bertz CT molecular complexity index is 409. The Kier molecular flexibility index (Phi) is 3.81. The maximum Gasteiger partial charge on any atom is 0.232 e. The van der Waals surface area contributed by atoms with Gasteiger partial charge in [0.05, 0.1) is 6.10 Å². The molecular weight excluding hydrogens is 232 g/mol. The van der Waals surface area contributed by atoms with Crippen LogP contribution in [0.1, 0.15) is 20.3 Å². The number of nitrogens with zero attached hydrogens (tertiary/aromatic N) is 5. The lowest BCUT2D eigenvalue weighted by Gasteiger charge is -2.21. The highest BCUT2D eigenvalue weighted by atomic mass is 16.3. The van der Waals surface area contributed by atoms with Crippen LogP contribution in [0, 0.1) is 0 Å². The van der Waals surface area contributed by atoms with Crippen LogP contribution in [0.5, 0.6) is 0 Å². The smallest absolute Gasteiger partial charge is 0.232 e. The summed E-state index contributed by atoms with van der Waals surface area (Å²) in [6.07, 6.45) is 0.437. The van der Waals surface area contributed by atoms with E-state index < -0.39 is 0 Å². The molecule has 1 atom stereocenters. The van der Waals surface area contributed by atoms with Gasteiger partial charge in [-0.1, -0.05) is 0 Å². The van der Waals surface area contributed by atoms with Gasteiger partial charge in [-0.15, -0.1) is 0 Å². The van der Waals surface area contributed by atoms with Gasteiger partial charge in [-0.2, -0.15) is 15.0 Å². The van der Waals surface area contributed by atoms with Gasteiger partial charge in [0.15, 0.2) is 0 Å². The first-order valence-electron chi connectivity index (χ1n) is 6.33. The average molecular weight is 252 g/mol. The summed E-state index contributed by atoms with van der Waals surface area (Å²) < 4.78 is 0. The summed E-state index contributed by atoms with van der Waals surface area (Å²) in [5.74, 6) is 1.38. The SMILES string of the molecule is CCN(CC)c1nc(N)nc(N2CCC(O)C2)n1. The first-order valence-corrected chi connectivity index (χ1v) is 6.33. The fourth-order valence-corrected chi connectivity index (χ4v) is 2.08. The number of nitrogen functional groups attached to an aromatic ring is 1. The third kappa shape index (κ3) is 2.61. The maximum absolute atomic E-state index is 9.55. The summed E-state index contributed by atoms with van der Waals surface area (Å²) in [5.41, 5.74) is 5.73. The van der Waals surface area contributed by atoms with Gasteiger partial charge in [0.2, 0.25) is 17.8 Å². The lowest BCUT2D eigenvalue weighted by atomic mass is 10.3. The Morgan fingerprint density at radius 2 is 2.06 bits per heavy atom. The molecule has 1 unspecified atom stereocenters. The number of hydrogen-bond acceptors (Lipinski definition) is 7. The van der Waals surface area contributed by atoms with Gasteiger partial charge in [-0.25, -0.2) is 0 Å². The Balaban J connectivity index is 2.26. The third-order valence-corrected chi connectivity index (χ3v) is 3.12. The van der Waals surface area contributed by atoms with E-state index in [1.807, 2.05) is 23.6 Å². The van der Waals surface area contributed by atoms with Crippen LogP contribution in [-0.2, 0) is 0 Å². The predicted octanol–water partition coefficient (Wildman–Crippen LogP) is -0.129. The van der Waals surface area contributed by atoms with Gasteiger partial charge in [0, 0.05) is 26.2 Å². The fraction of sp³-hybridized carbons (Fsp3) is 0.727. The van der Waals surface area contributed by atoms with Crippen LogP contribution in [0.3, 0.4) is 0 Å². The molecule has 0 bridgehead atoms. The summed E-state index contributed by atoms with van der Waals surface area (Å²) in [4.78, 5) is 16.7. The van der Waals surface area contributed by atoms with E-state index in [0.29, 0.717) is 18.4 Å². The summed E-state index contributed by atoms with van der Waals surface area (Å²) >= 11 is 0. The van der Waals surface area contributed by atoms with Crippen LogP contribution in [0.15, 0.2) is 0 Å². The van der Waals surface area contributed by atoms with Crippen molar-refractivity contribution in [3.63, 3.8) is 0 Å². The Morgan fingerprint density at radius 1 is 1.33 bits per heavy atom. The summed E-state index contributed by atoms with van der Waals surface area (Å²) in [6, 6.07) is 0. The second-order valence-electron chi connectivity index (χ2n) is 4.35. The average Bonchev–Trinajstić information content (AvgIpc) is 2.77. The second kappa shape index (κ2) is 5.34. The Hall–Kier alpha value is -1.63. The third-order valence-electron chi connectivity index (χ3n) is 3.12. The first-order chi connectivity index (χ1) is 8.63. The molecule has 0 aromatic carbocycles. The molecule has 2 heterocycles. The van der Waals surface area contributed by atoms with Gasteiger partial charge < -0.3 is 20.6 Å². The van der Waals surface area contributed by atoms with Crippen LogP contribution in [0.25, 0.3) is 0 Å². The molecule has 1 aliphatic rings. The molecule has 3 N–H and O–H groups in total. The molecule has 1 aliphatic heterocycles. The van der Waals surface area contributed by atoms with E-state index in [9.17, 15) is 5.11 Å². The molecule has 0 spiro atoms. The van der Waals surface area contributed by atoms with Crippen molar-refractivity contribution in [1.29, 1.82) is 0 Å². The molecule has 18 heavy (non-hydrogen) atoms. The van der Waals surface area contributed by atoms with Crippen LogP contribution in [0.4, 0.5) is 17.8 Å². The van der Waals surface area contributed by atoms with Crippen LogP contribution >= 0.6 is 0 Å². The molecule has 1 fully saturated rings. The first kappa shape index (κ1) is 12.8. The molecule has 1 aromatic heterocycles. The van der Waals surface area contributed by atoms with Crippen molar-refractivity contribution in [3.05, 3.63) is 0 Å². The molecule has 0 aliphatic carbocycles. The molecule has 2 rings (SSSR count). The van der Waals surface area contributed by atoms with E-state index in [1.54, 1.807) is 0 Å². The molecule has 100 valence electrons. The van der Waals surface area contributed by atoms with Gasteiger partial charge in [0.25, 0.3) is 0 Å². The minimum atomic E-state index is -0.306. The number of rotatable bonds is 4. The Morgan fingerprint density at radius 3 is 2.61 bits per heavy atom. The zero-order chi connectivity index (χ0) is 13.1. The maximum atomic E-state index is 9.55. The number of aromatic nitrogens is 3. The van der Waals surface area contributed by atoms with Gasteiger partial charge in [-0.3, -0.25) is 0 Å². The van der Waals surface area contributed by atoms with Gasteiger partial charge >= 0.3 is 0 Å². The van der Waals surface area contributed by atoms with Gasteiger partial charge in [0.1, 0.15) is 0 Å². The van der Waals surface area contributed by atoms with Crippen molar-refractivity contribution in [2.45, 2.75) is 26.4 Å². The number of aliphatic hydroxyl groups is 1. The lowest BCUT2D eigenvalue weighted by Crippen LogP contribution is -2.28. The van der Waals surface area contributed by atoms with Crippen molar-refractivity contribution < 1.29 is 5.11 Å². The van der Waals surface area contributed by atoms with Crippen molar-refractivity contribution >= 4 is 17.8 Å². The van der Waals surface area contributed by atoms with Crippen LogP contribution in [-0.4, -0.2) is 52.3 Å². The zero-order valence-corrected chi connectivity index (χ0v) is 10.9. The molecule has 1 saturated heterocycles. The van der Waals surface area contributed by atoms with Crippen molar-refractivity contribution in [2.75, 3.05) is 41.7 Å². The van der Waals surface area contributed by atoms with Crippen LogP contribution in [0.2, 0.25) is 0 Å². The molecule has 0 saturated carbocycles. The standard InChI is InChI=1S/C11H20N6O/c1-3-16(4-2)10-13-9(12)14-11(15-10)17-6-5-8(18)7-17/h8,18H,3-7H2,1-2H3,(H2,12,13,14,15). The van der Waals surface area contributed by atoms with E-state index in [1.165, 1.54) is 0 Å². The predicted molar refractivity (Wildman–Crippen MR) is 70.6 cm³/mol. The quantitative estimate of drug-likeness (QED) is 0.771. The largest absolute Gasteiger partial charge is 0.391 e. The van der Waals surface area contributed by atoms with E-state index in [-0.39, 0.29) is 12.1 Å². The van der Waals surface area contributed by atoms with E-state index in [2.05, 4.69) is 15.0 Å². The topological polar surface area (TPSA) is 91.4 Å². The number of nitrogens with two attached hydrogens (primary N) is 1. The number of aliphatic hydroxyl groups excluding tert-OH is 1. The monoisotopic (exact) mass is 252 g/mol. The van der Waals surface area contributed by atoms with Crippen molar-refractivity contribution in [3.8, 4) is 0 Å². The lowest BCUT2D eigenvalue weighted by molar-refractivity contribution is 0.198. The summed E-state index contributed by atoms with van der Waals surface area (Å²) in [5, 5.41) is 9.55. The van der Waals surface area contributed by atoms with Crippen LogP contribution < -0.4 is 15.5 Å². The molecule has 0 amide bonds. The van der Waals surface area contributed by atoms with Crippen molar-refractivity contribution in [2.24, 2.45) is 0 Å². The summed E-state index contributed by atoms with van der Waals surface area (Å²) in [6.45, 7) is 7.04. The number of hydrogen-bond donors (Lipinski definition) is 2. The molecular formula is C11H20N6O. The highest BCUT2D eigenvalue weighted by Crippen LogP contribution is 2.19. The normalized spacial score (nSPS) is 19.3. The number of anilines is 3. The highest BCUT2D eigenvalue weighted by molar-refractivity contribution is 5.44. The highest BCUT2D eigenvalue weighted by Gasteiger charge is 2.23. The van der Waals surface area contributed by atoms with Crippen molar-refractivity contribution in [1.82, 2.24) is 15.0 Å².